The van der Waals surface area contributed by atoms with E-state index >= 15 is 0 Å². The molecule has 1 nitrogen and oxygen atoms in total. The largest absolute Gasteiger partial charge is 0.297 e. The molecule has 3 aliphatic rings. The van der Waals surface area contributed by atoms with E-state index in [9.17, 15) is 4.79 Å². The fourth-order valence-electron chi connectivity index (χ4n) is 5.30. The predicted molar refractivity (Wildman–Crippen MR) is 74.6 cm³/mol. The minimum absolute atomic E-state index is 0.282. The zero-order valence-electron chi connectivity index (χ0n) is 12.0. The Bertz CT molecular complexity index is 387. The molecule has 0 amide bonds. The van der Waals surface area contributed by atoms with E-state index in [1.54, 1.807) is 0 Å². The number of carbonyl (C=O) groups excluding carboxylic acids is 1. The molecule has 3 fully saturated rings. The third kappa shape index (κ3) is 1.49. The molecule has 3 rings (SSSR count). The highest BCUT2D eigenvalue weighted by Crippen LogP contribution is 2.65. The number of alkyl halides is 1. The molecule has 1 unspecified atom stereocenters. The van der Waals surface area contributed by atoms with Gasteiger partial charge in [0.2, 0.25) is 0 Å². The molecule has 0 aromatic carbocycles. The van der Waals surface area contributed by atoms with Crippen LogP contribution in [0.4, 0.5) is 0 Å². The van der Waals surface area contributed by atoms with Crippen molar-refractivity contribution in [2.75, 3.05) is 0 Å². The van der Waals surface area contributed by atoms with Crippen molar-refractivity contribution in [3.63, 3.8) is 0 Å². The second-order valence-electron chi connectivity index (χ2n) is 7.80. The Hall–Kier alpha value is -0.0400. The van der Waals surface area contributed by atoms with Crippen LogP contribution in [0, 0.1) is 35.0 Å². The van der Waals surface area contributed by atoms with Gasteiger partial charge in [-0.15, -0.1) is 11.6 Å². The molecule has 3 aliphatic carbocycles. The van der Waals surface area contributed by atoms with Gasteiger partial charge < -0.3 is 0 Å². The summed E-state index contributed by atoms with van der Waals surface area (Å²) < 4.78 is 0. The Balaban J connectivity index is 1.86. The summed E-state index contributed by atoms with van der Waals surface area (Å²) in [5.74, 6) is 3.39. The first-order chi connectivity index (χ1) is 8.27. The molecule has 2 heteroatoms. The van der Waals surface area contributed by atoms with Crippen LogP contribution < -0.4 is 0 Å². The van der Waals surface area contributed by atoms with Gasteiger partial charge in [0, 0.05) is 5.92 Å². The highest BCUT2D eigenvalue weighted by Gasteiger charge is 2.65. The SMILES string of the molecule is CC(C)[C@@H]1CC[C@]2(C)C[C@H]3[C@@H](C[C@@H]12)C(=O)C3(C)Cl. The van der Waals surface area contributed by atoms with Crippen LogP contribution in [0.1, 0.15) is 53.4 Å². The summed E-state index contributed by atoms with van der Waals surface area (Å²) in [6.07, 6.45) is 4.98. The van der Waals surface area contributed by atoms with Crippen LogP contribution in [0.5, 0.6) is 0 Å². The van der Waals surface area contributed by atoms with E-state index in [1.165, 1.54) is 19.3 Å². The topological polar surface area (TPSA) is 17.1 Å². The van der Waals surface area contributed by atoms with Crippen LogP contribution in [0.2, 0.25) is 0 Å². The first-order valence-electron chi connectivity index (χ1n) is 7.50. The summed E-state index contributed by atoms with van der Waals surface area (Å²) in [6, 6.07) is 0. The van der Waals surface area contributed by atoms with Gasteiger partial charge in [-0.1, -0.05) is 20.8 Å². The molecule has 0 bridgehead atoms. The van der Waals surface area contributed by atoms with Crippen molar-refractivity contribution in [3.8, 4) is 0 Å². The Labute approximate surface area is 116 Å². The van der Waals surface area contributed by atoms with Gasteiger partial charge in [-0.2, -0.15) is 0 Å². The second-order valence-corrected chi connectivity index (χ2v) is 8.58. The molecule has 0 radical (unpaired) electrons. The van der Waals surface area contributed by atoms with E-state index in [0.29, 0.717) is 17.1 Å². The zero-order chi connectivity index (χ0) is 13.3. The standard InChI is InChI=1S/C16H25ClO/c1-9(2)10-5-6-15(3)8-13-11(7-12(10)15)14(18)16(13,4)17/h9-13H,5-8H2,1-4H3/t10-,11+,12-,13-,15+,16?/m0/s1. The lowest BCUT2D eigenvalue weighted by Crippen LogP contribution is -2.62. The summed E-state index contributed by atoms with van der Waals surface area (Å²) in [5.41, 5.74) is 0.451. The Morgan fingerprint density at radius 3 is 2.56 bits per heavy atom. The van der Waals surface area contributed by atoms with Crippen molar-refractivity contribution in [1.82, 2.24) is 0 Å². The Kier molecular flexibility index (Phi) is 2.70. The lowest BCUT2D eigenvalue weighted by Gasteiger charge is -2.57. The number of Topliss-reactive ketones (excluding diaryl/α,β-unsaturated/α-hetero) is 1. The fraction of sp³-hybridized carbons (Fsp3) is 0.938. The van der Waals surface area contributed by atoms with Crippen LogP contribution in [-0.4, -0.2) is 10.7 Å². The predicted octanol–water partition coefficient (Wildman–Crippen LogP) is 4.28. The average Bonchev–Trinajstić information content (AvgIpc) is 2.63. The average molecular weight is 269 g/mol. The van der Waals surface area contributed by atoms with Gasteiger partial charge in [-0.3, -0.25) is 4.79 Å². The van der Waals surface area contributed by atoms with Crippen LogP contribution in [0.15, 0.2) is 0 Å². The molecular weight excluding hydrogens is 244 g/mol. The van der Waals surface area contributed by atoms with E-state index < -0.39 is 4.87 Å². The molecular formula is C16H25ClO. The van der Waals surface area contributed by atoms with Gasteiger partial charge in [0.1, 0.15) is 4.87 Å². The van der Waals surface area contributed by atoms with Crippen molar-refractivity contribution >= 4 is 17.4 Å². The number of hydrogen-bond acceptors (Lipinski definition) is 1. The lowest BCUT2D eigenvalue weighted by molar-refractivity contribution is -0.149. The van der Waals surface area contributed by atoms with Crippen LogP contribution in [0.25, 0.3) is 0 Å². The maximum atomic E-state index is 12.2. The van der Waals surface area contributed by atoms with Gasteiger partial charge in [-0.05, 0) is 61.7 Å². The highest BCUT2D eigenvalue weighted by molar-refractivity contribution is 6.38. The molecule has 18 heavy (non-hydrogen) atoms. The van der Waals surface area contributed by atoms with Crippen molar-refractivity contribution in [1.29, 1.82) is 0 Å². The quantitative estimate of drug-likeness (QED) is 0.649. The van der Waals surface area contributed by atoms with Crippen molar-refractivity contribution < 1.29 is 4.79 Å². The molecule has 0 aromatic rings. The molecule has 0 aliphatic heterocycles. The Morgan fingerprint density at radius 2 is 1.94 bits per heavy atom. The summed E-state index contributed by atoms with van der Waals surface area (Å²) in [6.45, 7) is 9.08. The smallest absolute Gasteiger partial charge is 0.157 e. The molecule has 102 valence electrons. The van der Waals surface area contributed by atoms with E-state index in [4.69, 9.17) is 11.6 Å². The first-order valence-corrected chi connectivity index (χ1v) is 7.88. The fourth-order valence-corrected chi connectivity index (χ4v) is 5.67. The number of carbonyl (C=O) groups is 1. The zero-order valence-corrected chi connectivity index (χ0v) is 12.8. The lowest BCUT2D eigenvalue weighted by atomic mass is 9.49. The van der Waals surface area contributed by atoms with Gasteiger partial charge >= 0.3 is 0 Å². The molecule has 0 heterocycles. The first kappa shape index (κ1) is 13.0. The van der Waals surface area contributed by atoms with Gasteiger partial charge in [0.05, 0.1) is 0 Å². The molecule has 0 N–H and O–H groups in total. The van der Waals surface area contributed by atoms with Gasteiger partial charge in [0.15, 0.2) is 5.78 Å². The van der Waals surface area contributed by atoms with Crippen LogP contribution in [0.3, 0.4) is 0 Å². The summed E-state index contributed by atoms with van der Waals surface area (Å²) in [4.78, 5) is 11.6. The monoisotopic (exact) mass is 268 g/mol. The number of ketones is 1. The maximum Gasteiger partial charge on any atom is 0.157 e. The van der Waals surface area contributed by atoms with E-state index in [1.807, 2.05) is 6.92 Å². The molecule has 0 saturated heterocycles. The number of hydrogen-bond donors (Lipinski definition) is 0. The number of halogens is 1. The van der Waals surface area contributed by atoms with Crippen LogP contribution >= 0.6 is 11.6 Å². The van der Waals surface area contributed by atoms with Crippen molar-refractivity contribution in [2.45, 2.75) is 58.3 Å². The van der Waals surface area contributed by atoms with E-state index in [0.717, 1.165) is 24.2 Å². The van der Waals surface area contributed by atoms with E-state index in [2.05, 4.69) is 20.8 Å². The second kappa shape index (κ2) is 3.75. The van der Waals surface area contributed by atoms with Crippen molar-refractivity contribution in [2.24, 2.45) is 35.0 Å². The number of fused-ring (bicyclic) bond motifs is 2. The molecule has 0 aromatic heterocycles. The Morgan fingerprint density at radius 1 is 1.28 bits per heavy atom. The molecule has 6 atom stereocenters. The van der Waals surface area contributed by atoms with E-state index in [-0.39, 0.29) is 5.92 Å². The third-order valence-corrected chi connectivity index (χ3v) is 6.98. The molecule has 3 saturated carbocycles. The summed E-state index contributed by atoms with van der Waals surface area (Å²) in [5, 5.41) is 0. The third-order valence-electron chi connectivity index (χ3n) is 6.51. The molecule has 0 spiro atoms. The van der Waals surface area contributed by atoms with Gasteiger partial charge in [-0.25, -0.2) is 0 Å². The minimum atomic E-state index is -0.547. The summed E-state index contributed by atoms with van der Waals surface area (Å²) >= 11 is 6.43. The van der Waals surface area contributed by atoms with Crippen LogP contribution in [-0.2, 0) is 4.79 Å². The van der Waals surface area contributed by atoms with Crippen molar-refractivity contribution in [3.05, 3.63) is 0 Å². The minimum Gasteiger partial charge on any atom is -0.297 e. The summed E-state index contributed by atoms with van der Waals surface area (Å²) in [7, 11) is 0. The maximum absolute atomic E-state index is 12.2. The highest BCUT2D eigenvalue weighted by atomic mass is 35.5. The van der Waals surface area contributed by atoms with Gasteiger partial charge in [0.25, 0.3) is 0 Å². The number of rotatable bonds is 1. The normalized spacial score (nSPS) is 55.1.